The molecule has 0 aromatic carbocycles. The Balaban J connectivity index is 2.06. The average Bonchev–Trinajstić information content (AvgIpc) is 3.39. The molecule has 178 valence electrons. The number of hydrogen-bond donors (Lipinski definition) is 1. The molecule has 6 heteroatoms. The van der Waals surface area contributed by atoms with Crippen LogP contribution in [0.2, 0.25) is 0 Å². The quantitative estimate of drug-likeness (QED) is 0.108. The van der Waals surface area contributed by atoms with E-state index >= 15 is 0 Å². The molecular formula is C25H44NO5+. The Bertz CT molecular complexity index is 579. The van der Waals surface area contributed by atoms with Crippen molar-refractivity contribution < 1.29 is 28.7 Å². The number of unbranched alkanes of at least 4 members (excludes halogenated alkanes) is 4. The van der Waals surface area contributed by atoms with Crippen LogP contribution >= 0.6 is 0 Å². The van der Waals surface area contributed by atoms with E-state index in [1.165, 1.54) is 25.7 Å². The molecule has 31 heavy (non-hydrogen) atoms. The molecule has 1 aliphatic rings. The Hall–Kier alpha value is -1.66. The molecule has 1 fully saturated rings. The fraction of sp³-hybridized carbons (Fsp3) is 0.760. The van der Waals surface area contributed by atoms with Crippen molar-refractivity contribution in [2.75, 3.05) is 27.7 Å². The second-order valence-corrected chi connectivity index (χ2v) is 9.55. The van der Waals surface area contributed by atoms with Gasteiger partial charge in [0, 0.05) is 6.42 Å². The number of aliphatic carboxylic acids is 1. The minimum absolute atomic E-state index is 0.149. The Labute approximate surface area is 188 Å². The van der Waals surface area contributed by atoms with E-state index in [0.717, 1.165) is 32.1 Å². The average molecular weight is 439 g/mol. The minimum atomic E-state index is -0.943. The van der Waals surface area contributed by atoms with Gasteiger partial charge in [-0.25, -0.2) is 0 Å². The summed E-state index contributed by atoms with van der Waals surface area (Å²) in [6.07, 6.45) is 18.9. The van der Waals surface area contributed by atoms with Crippen LogP contribution < -0.4 is 0 Å². The number of likely N-dealkylation sites (N-methyl/N-ethyl adjacent to an activating group) is 1. The largest absolute Gasteiger partial charge is 0.481 e. The fourth-order valence-electron chi connectivity index (χ4n) is 3.58. The Morgan fingerprint density at radius 2 is 1.77 bits per heavy atom. The van der Waals surface area contributed by atoms with Crippen LogP contribution in [0.3, 0.4) is 0 Å². The lowest BCUT2D eigenvalue weighted by Gasteiger charge is -2.28. The first-order valence-electron chi connectivity index (χ1n) is 11.9. The molecule has 0 aliphatic carbocycles. The summed E-state index contributed by atoms with van der Waals surface area (Å²) in [6.45, 7) is 2.71. The maximum atomic E-state index is 12.0. The Morgan fingerprint density at radius 1 is 1.03 bits per heavy atom. The van der Waals surface area contributed by atoms with Crippen LogP contribution in [0, 0.1) is 0 Å². The highest BCUT2D eigenvalue weighted by molar-refractivity contribution is 5.71. The van der Waals surface area contributed by atoms with Crippen LogP contribution in [-0.2, 0) is 19.1 Å². The van der Waals surface area contributed by atoms with Gasteiger partial charge in [0.05, 0.1) is 39.8 Å². The third kappa shape index (κ3) is 15.7. The number of epoxide rings is 1. The Kier molecular flexibility index (Phi) is 13.4. The van der Waals surface area contributed by atoms with Gasteiger partial charge in [-0.3, -0.25) is 9.59 Å². The zero-order chi connectivity index (χ0) is 23.1. The molecule has 0 saturated carbocycles. The highest BCUT2D eigenvalue weighted by Gasteiger charge is 2.36. The first-order valence-corrected chi connectivity index (χ1v) is 11.9. The molecule has 6 nitrogen and oxygen atoms in total. The summed E-state index contributed by atoms with van der Waals surface area (Å²) < 4.78 is 11.6. The molecule has 3 atom stereocenters. The van der Waals surface area contributed by atoms with Crippen molar-refractivity contribution in [3.8, 4) is 0 Å². The van der Waals surface area contributed by atoms with Gasteiger partial charge in [-0.05, 0) is 38.5 Å². The van der Waals surface area contributed by atoms with Gasteiger partial charge in [-0.2, -0.15) is 0 Å². The topological polar surface area (TPSA) is 76.1 Å². The van der Waals surface area contributed by atoms with Crippen LogP contribution in [0.25, 0.3) is 0 Å². The zero-order valence-corrected chi connectivity index (χ0v) is 20.1. The number of quaternary nitrogens is 1. The fourth-order valence-corrected chi connectivity index (χ4v) is 3.58. The van der Waals surface area contributed by atoms with Crippen molar-refractivity contribution in [2.24, 2.45) is 0 Å². The second kappa shape index (κ2) is 15.2. The molecule has 3 unspecified atom stereocenters. The number of esters is 1. The first-order chi connectivity index (χ1) is 14.7. The predicted octanol–water partition coefficient (Wildman–Crippen LogP) is 4.88. The highest BCUT2D eigenvalue weighted by atomic mass is 16.6. The normalized spacial score (nSPS) is 19.7. The SMILES string of the molecule is CCCCCC1OC1C/C=C/C/C=C/CCCCC(=O)OC(CC(=O)O)C[N+](C)(C)C. The number of carboxylic acid groups (broad SMARTS) is 1. The van der Waals surface area contributed by atoms with E-state index in [1.807, 2.05) is 21.1 Å². The van der Waals surface area contributed by atoms with Crippen molar-refractivity contribution >= 4 is 11.9 Å². The predicted molar refractivity (Wildman–Crippen MR) is 124 cm³/mol. The van der Waals surface area contributed by atoms with E-state index < -0.39 is 12.1 Å². The van der Waals surface area contributed by atoms with Gasteiger partial charge in [-0.15, -0.1) is 0 Å². The van der Waals surface area contributed by atoms with E-state index in [0.29, 0.717) is 29.7 Å². The summed E-state index contributed by atoms with van der Waals surface area (Å²) in [5, 5.41) is 9.01. The molecule has 1 rings (SSSR count). The van der Waals surface area contributed by atoms with Gasteiger partial charge < -0.3 is 19.1 Å². The van der Waals surface area contributed by atoms with Crippen molar-refractivity contribution in [3.05, 3.63) is 24.3 Å². The maximum Gasteiger partial charge on any atom is 0.307 e. The van der Waals surface area contributed by atoms with Gasteiger partial charge in [0.2, 0.25) is 0 Å². The number of nitrogens with zero attached hydrogens (tertiary/aromatic N) is 1. The van der Waals surface area contributed by atoms with Gasteiger partial charge >= 0.3 is 11.9 Å². The summed E-state index contributed by atoms with van der Waals surface area (Å²) in [5.74, 6) is -1.25. The number of carboxylic acids is 1. The minimum Gasteiger partial charge on any atom is -0.481 e. The third-order valence-corrected chi connectivity index (χ3v) is 5.21. The standard InChI is InChI=1S/C25H43NO5/c1-5-6-13-16-22-23(31-22)17-14-11-9-7-8-10-12-15-18-25(29)30-21(19-24(27)28)20-26(2,3)4/h7-8,11,14,21-23H,5-6,9-10,12-13,15-20H2,1-4H3/p+1/b8-7+,14-11+. The summed E-state index contributed by atoms with van der Waals surface area (Å²) in [7, 11) is 5.86. The molecule has 1 N–H and O–H groups in total. The lowest BCUT2D eigenvalue weighted by Crippen LogP contribution is -2.43. The van der Waals surface area contributed by atoms with Gasteiger partial charge in [-0.1, -0.05) is 50.5 Å². The molecule has 0 bridgehead atoms. The molecule has 0 aromatic heterocycles. The molecule has 0 spiro atoms. The summed E-state index contributed by atoms with van der Waals surface area (Å²) >= 11 is 0. The van der Waals surface area contributed by atoms with Crippen LogP contribution in [0.5, 0.6) is 0 Å². The van der Waals surface area contributed by atoms with Gasteiger partial charge in [0.25, 0.3) is 0 Å². The molecule has 0 radical (unpaired) electrons. The molecule has 0 amide bonds. The zero-order valence-electron chi connectivity index (χ0n) is 20.1. The van der Waals surface area contributed by atoms with E-state index in [2.05, 4.69) is 31.2 Å². The lowest BCUT2D eigenvalue weighted by atomic mass is 10.1. The van der Waals surface area contributed by atoms with Gasteiger partial charge in [0.15, 0.2) is 6.10 Å². The Morgan fingerprint density at radius 3 is 2.45 bits per heavy atom. The van der Waals surface area contributed by atoms with Crippen LogP contribution in [0.4, 0.5) is 0 Å². The van der Waals surface area contributed by atoms with Crippen LogP contribution in [-0.4, -0.2) is 67.5 Å². The molecule has 0 aromatic rings. The molecule has 1 saturated heterocycles. The third-order valence-electron chi connectivity index (χ3n) is 5.21. The maximum absolute atomic E-state index is 12.0. The summed E-state index contributed by atoms with van der Waals surface area (Å²) in [4.78, 5) is 23.0. The number of rotatable bonds is 18. The number of hydrogen-bond acceptors (Lipinski definition) is 4. The highest BCUT2D eigenvalue weighted by Crippen LogP contribution is 2.30. The monoisotopic (exact) mass is 438 g/mol. The number of ether oxygens (including phenoxy) is 2. The number of allylic oxidation sites excluding steroid dienone is 3. The molecular weight excluding hydrogens is 394 g/mol. The van der Waals surface area contributed by atoms with E-state index in [1.54, 1.807) is 0 Å². The smallest absolute Gasteiger partial charge is 0.307 e. The van der Waals surface area contributed by atoms with Crippen molar-refractivity contribution in [3.63, 3.8) is 0 Å². The van der Waals surface area contributed by atoms with E-state index in [9.17, 15) is 9.59 Å². The van der Waals surface area contributed by atoms with Crippen molar-refractivity contribution in [1.29, 1.82) is 0 Å². The van der Waals surface area contributed by atoms with Gasteiger partial charge in [0.1, 0.15) is 6.54 Å². The second-order valence-electron chi connectivity index (χ2n) is 9.55. The molecule has 1 heterocycles. The number of carbonyl (C=O) groups excluding carboxylic acids is 1. The molecule has 1 aliphatic heterocycles. The van der Waals surface area contributed by atoms with Crippen LogP contribution in [0.1, 0.15) is 77.6 Å². The lowest BCUT2D eigenvalue weighted by molar-refractivity contribution is -0.873. The first kappa shape index (κ1) is 27.4. The number of carbonyl (C=O) groups is 2. The summed E-state index contributed by atoms with van der Waals surface area (Å²) in [6, 6.07) is 0. The summed E-state index contributed by atoms with van der Waals surface area (Å²) in [5.41, 5.74) is 0. The van der Waals surface area contributed by atoms with Crippen molar-refractivity contribution in [1.82, 2.24) is 0 Å². The van der Waals surface area contributed by atoms with Crippen molar-refractivity contribution in [2.45, 2.75) is 95.9 Å². The van der Waals surface area contributed by atoms with Crippen LogP contribution in [0.15, 0.2) is 24.3 Å². The van der Waals surface area contributed by atoms with E-state index in [4.69, 9.17) is 14.6 Å². The van der Waals surface area contributed by atoms with E-state index in [-0.39, 0.29) is 12.4 Å².